The summed E-state index contributed by atoms with van der Waals surface area (Å²) >= 11 is 6.27. The minimum Gasteiger partial charge on any atom is -0.388 e. The molecule has 0 bridgehead atoms. The summed E-state index contributed by atoms with van der Waals surface area (Å²) in [5.41, 5.74) is 3.37. The van der Waals surface area contributed by atoms with E-state index in [-0.39, 0.29) is 30.6 Å². The van der Waals surface area contributed by atoms with Crippen molar-refractivity contribution in [2.75, 3.05) is 13.2 Å². The summed E-state index contributed by atoms with van der Waals surface area (Å²) in [5, 5.41) is 9.80. The molecule has 2 aliphatic rings. The SMILES string of the molecule is O=C(CO)c1ccc2c(c1)C[C@@]1(CC2)CCN(Cc2ccccc2Cl)C1=O.S. The summed E-state index contributed by atoms with van der Waals surface area (Å²) in [6.45, 7) is 0.777. The molecule has 0 unspecified atom stereocenters. The number of likely N-dealkylation sites (tertiary alicyclic amines) is 1. The third-order valence-electron chi connectivity index (χ3n) is 5.99. The Kier molecular flexibility index (Phi) is 6.18. The van der Waals surface area contributed by atoms with Gasteiger partial charge in [-0.2, -0.15) is 13.5 Å². The summed E-state index contributed by atoms with van der Waals surface area (Å²) in [5.74, 6) is -0.0949. The maximum Gasteiger partial charge on any atom is 0.229 e. The van der Waals surface area contributed by atoms with E-state index in [9.17, 15) is 9.59 Å². The van der Waals surface area contributed by atoms with Crippen LogP contribution in [-0.2, 0) is 24.2 Å². The van der Waals surface area contributed by atoms with E-state index < -0.39 is 6.61 Å². The predicted molar refractivity (Wildman–Crippen MR) is 114 cm³/mol. The Labute approximate surface area is 176 Å². The normalized spacial score (nSPS) is 20.8. The van der Waals surface area contributed by atoms with Crippen molar-refractivity contribution < 1.29 is 14.7 Å². The van der Waals surface area contributed by atoms with Gasteiger partial charge < -0.3 is 10.0 Å². The maximum atomic E-state index is 13.3. The lowest BCUT2D eigenvalue weighted by atomic mass is 9.70. The standard InChI is InChI=1S/C22H22ClNO3.H2S/c23-19-4-2-1-3-17(19)13-24-10-9-22(21(24)27)8-7-15-5-6-16(20(26)14-25)11-18(15)12-22;/h1-6,11,25H,7-10,12-14H2;1H2/t22-;/m1./s1. The van der Waals surface area contributed by atoms with Gasteiger partial charge in [0.1, 0.15) is 6.61 Å². The van der Waals surface area contributed by atoms with Crippen LogP contribution in [0.4, 0.5) is 0 Å². The molecule has 4 rings (SSSR count). The van der Waals surface area contributed by atoms with Crippen molar-refractivity contribution in [1.82, 2.24) is 4.90 Å². The van der Waals surface area contributed by atoms with Crippen LogP contribution >= 0.6 is 25.1 Å². The van der Waals surface area contributed by atoms with E-state index in [1.807, 2.05) is 41.3 Å². The summed E-state index contributed by atoms with van der Waals surface area (Å²) in [6.07, 6.45) is 3.17. The van der Waals surface area contributed by atoms with E-state index in [0.717, 1.165) is 36.9 Å². The molecule has 1 aliphatic heterocycles. The fourth-order valence-corrected chi connectivity index (χ4v) is 4.59. The number of aliphatic hydroxyl groups excluding tert-OH is 1. The molecule has 1 spiro atoms. The third-order valence-corrected chi connectivity index (χ3v) is 6.36. The lowest BCUT2D eigenvalue weighted by molar-refractivity contribution is -0.137. The topological polar surface area (TPSA) is 57.6 Å². The van der Waals surface area contributed by atoms with E-state index in [1.54, 1.807) is 6.07 Å². The van der Waals surface area contributed by atoms with Crippen LogP contribution in [0.25, 0.3) is 0 Å². The molecule has 4 nitrogen and oxygen atoms in total. The second-order valence-electron chi connectivity index (χ2n) is 7.59. The van der Waals surface area contributed by atoms with Gasteiger partial charge in [0, 0.05) is 23.7 Å². The van der Waals surface area contributed by atoms with Crippen LogP contribution in [0.3, 0.4) is 0 Å². The number of fused-ring (bicyclic) bond motifs is 1. The Hall–Kier alpha value is -1.82. The van der Waals surface area contributed by atoms with Gasteiger partial charge in [-0.25, -0.2) is 0 Å². The lowest BCUT2D eigenvalue weighted by Gasteiger charge is -2.33. The Bertz CT molecular complexity index is 916. The molecule has 1 saturated heterocycles. The largest absolute Gasteiger partial charge is 0.388 e. The van der Waals surface area contributed by atoms with Crippen molar-refractivity contribution in [2.24, 2.45) is 5.41 Å². The molecule has 2 aromatic carbocycles. The molecule has 2 aromatic rings. The van der Waals surface area contributed by atoms with E-state index in [4.69, 9.17) is 16.7 Å². The molecule has 0 saturated carbocycles. The monoisotopic (exact) mass is 417 g/mol. The molecule has 148 valence electrons. The third kappa shape index (κ3) is 3.71. The maximum absolute atomic E-state index is 13.3. The van der Waals surface area contributed by atoms with E-state index in [0.29, 0.717) is 23.6 Å². The number of benzene rings is 2. The fourth-order valence-electron chi connectivity index (χ4n) is 4.40. The number of aryl methyl sites for hydroxylation is 1. The second-order valence-corrected chi connectivity index (χ2v) is 8.00. The van der Waals surface area contributed by atoms with Gasteiger partial charge in [0.25, 0.3) is 0 Å². The highest BCUT2D eigenvalue weighted by atomic mass is 35.5. The zero-order valence-corrected chi connectivity index (χ0v) is 17.3. The number of Topliss-reactive ketones (excluding diaryl/α,β-unsaturated/α-hetero) is 1. The van der Waals surface area contributed by atoms with Crippen LogP contribution in [0, 0.1) is 5.41 Å². The first-order valence-electron chi connectivity index (χ1n) is 9.31. The van der Waals surface area contributed by atoms with E-state index in [2.05, 4.69) is 0 Å². The van der Waals surface area contributed by atoms with Crippen molar-refractivity contribution in [3.05, 3.63) is 69.7 Å². The molecule has 6 heteroatoms. The van der Waals surface area contributed by atoms with Crippen LogP contribution in [0.2, 0.25) is 5.02 Å². The Morgan fingerprint density at radius 1 is 1.14 bits per heavy atom. The van der Waals surface area contributed by atoms with Crippen LogP contribution in [0.15, 0.2) is 42.5 Å². The van der Waals surface area contributed by atoms with Crippen LogP contribution in [0.1, 0.15) is 39.9 Å². The number of rotatable bonds is 4. The predicted octanol–water partition coefficient (Wildman–Crippen LogP) is 3.54. The smallest absolute Gasteiger partial charge is 0.229 e. The fraction of sp³-hybridized carbons (Fsp3) is 0.364. The van der Waals surface area contributed by atoms with Gasteiger partial charge in [-0.3, -0.25) is 9.59 Å². The Balaban J connectivity index is 0.00000225. The van der Waals surface area contributed by atoms with Gasteiger partial charge in [0.2, 0.25) is 5.91 Å². The molecule has 1 N–H and O–H groups in total. The van der Waals surface area contributed by atoms with Crippen LogP contribution in [-0.4, -0.2) is 34.8 Å². The highest BCUT2D eigenvalue weighted by Gasteiger charge is 2.48. The molecule has 1 atom stereocenters. The molecule has 0 radical (unpaired) electrons. The van der Waals surface area contributed by atoms with Gasteiger partial charge in [-0.1, -0.05) is 41.9 Å². The average Bonchev–Trinajstić information content (AvgIpc) is 2.98. The first kappa shape index (κ1) is 20.9. The van der Waals surface area contributed by atoms with E-state index >= 15 is 0 Å². The molecule has 1 amide bonds. The van der Waals surface area contributed by atoms with Crippen molar-refractivity contribution >= 4 is 36.8 Å². The molecule has 1 aliphatic carbocycles. The highest BCUT2D eigenvalue weighted by molar-refractivity contribution is 7.59. The van der Waals surface area contributed by atoms with Gasteiger partial charge in [-0.05, 0) is 54.5 Å². The Morgan fingerprint density at radius 3 is 2.68 bits per heavy atom. The van der Waals surface area contributed by atoms with Crippen molar-refractivity contribution in [2.45, 2.75) is 32.2 Å². The van der Waals surface area contributed by atoms with Crippen molar-refractivity contribution in [3.8, 4) is 0 Å². The number of carbonyl (C=O) groups is 2. The van der Waals surface area contributed by atoms with Gasteiger partial charge >= 0.3 is 0 Å². The highest BCUT2D eigenvalue weighted by Crippen LogP contribution is 2.44. The Morgan fingerprint density at radius 2 is 1.93 bits per heavy atom. The van der Waals surface area contributed by atoms with Crippen molar-refractivity contribution in [3.63, 3.8) is 0 Å². The van der Waals surface area contributed by atoms with Gasteiger partial charge in [0.05, 0.1) is 5.41 Å². The number of halogens is 1. The van der Waals surface area contributed by atoms with Gasteiger partial charge in [0.15, 0.2) is 5.78 Å². The summed E-state index contributed by atoms with van der Waals surface area (Å²) in [4.78, 5) is 27.0. The first-order valence-corrected chi connectivity index (χ1v) is 9.69. The molecule has 28 heavy (non-hydrogen) atoms. The van der Waals surface area contributed by atoms with E-state index in [1.165, 1.54) is 5.56 Å². The lowest BCUT2D eigenvalue weighted by Crippen LogP contribution is -2.38. The molecular weight excluding hydrogens is 394 g/mol. The number of hydrogen-bond donors (Lipinski definition) is 1. The summed E-state index contributed by atoms with van der Waals surface area (Å²) in [6, 6.07) is 13.2. The number of amides is 1. The van der Waals surface area contributed by atoms with Crippen LogP contribution < -0.4 is 0 Å². The zero-order valence-electron chi connectivity index (χ0n) is 15.6. The quantitative estimate of drug-likeness (QED) is 0.774. The summed E-state index contributed by atoms with van der Waals surface area (Å²) < 4.78 is 0. The number of ketones is 1. The number of nitrogens with zero attached hydrogens (tertiary/aromatic N) is 1. The van der Waals surface area contributed by atoms with Crippen molar-refractivity contribution in [1.29, 1.82) is 0 Å². The zero-order chi connectivity index (χ0) is 19.0. The molecule has 1 heterocycles. The molecular formula is C22H24ClNO3S. The molecule has 1 fully saturated rings. The second kappa shape index (κ2) is 8.27. The first-order chi connectivity index (χ1) is 13.0. The summed E-state index contributed by atoms with van der Waals surface area (Å²) in [7, 11) is 0. The number of aliphatic hydroxyl groups is 1. The van der Waals surface area contributed by atoms with Crippen LogP contribution in [0.5, 0.6) is 0 Å². The van der Waals surface area contributed by atoms with Gasteiger partial charge in [-0.15, -0.1) is 0 Å². The number of carbonyl (C=O) groups excluding carboxylic acids is 2. The minimum atomic E-state index is -0.492. The minimum absolute atomic E-state index is 0. The molecule has 0 aromatic heterocycles. The average molecular weight is 418 g/mol. The number of hydrogen-bond acceptors (Lipinski definition) is 3.